The van der Waals surface area contributed by atoms with Gasteiger partial charge in [0.05, 0.1) is 12.7 Å². The first-order chi connectivity index (χ1) is 12.4. The van der Waals surface area contributed by atoms with Gasteiger partial charge >= 0.3 is 5.97 Å². The van der Waals surface area contributed by atoms with Gasteiger partial charge in [-0.25, -0.2) is 4.79 Å². The van der Waals surface area contributed by atoms with E-state index in [1.54, 1.807) is 0 Å². The topological polar surface area (TPSA) is 83.8 Å². The van der Waals surface area contributed by atoms with Crippen LogP contribution in [0.2, 0.25) is 0 Å². The van der Waals surface area contributed by atoms with Crippen LogP contribution in [-0.2, 0) is 14.3 Å². The van der Waals surface area contributed by atoms with Crippen molar-refractivity contribution in [3.05, 3.63) is 11.6 Å². The first kappa shape index (κ1) is 18.2. The van der Waals surface area contributed by atoms with E-state index in [0.29, 0.717) is 30.8 Å². The number of rotatable bonds is 4. The number of aliphatic hydroxyl groups is 1. The quantitative estimate of drug-likeness (QED) is 0.803. The van der Waals surface area contributed by atoms with Gasteiger partial charge in [0.25, 0.3) is 0 Å². The standard InChI is InChI=1S/C21H30O5/c1-20-8-7-17-15(16(20)4-5-18(20)23)3-2-13-10-14(22)6-9-21(13,17)12-26-11-19(24)25/h10,15-18,23H,2-9,11-12H2,1H3,(H,24,25)/t15-,16-,17-,18-,20-,21+/m0/s1. The lowest BCUT2D eigenvalue weighted by Crippen LogP contribution is -2.53. The van der Waals surface area contributed by atoms with Crippen LogP contribution in [0.3, 0.4) is 0 Å². The van der Waals surface area contributed by atoms with Crippen LogP contribution >= 0.6 is 0 Å². The van der Waals surface area contributed by atoms with Crippen LogP contribution in [0.1, 0.15) is 58.3 Å². The van der Waals surface area contributed by atoms with E-state index in [1.807, 2.05) is 6.08 Å². The van der Waals surface area contributed by atoms with Crippen LogP contribution in [0.5, 0.6) is 0 Å². The molecule has 0 aromatic carbocycles. The number of carboxylic acids is 1. The molecule has 5 heteroatoms. The Morgan fingerprint density at radius 3 is 2.77 bits per heavy atom. The van der Waals surface area contributed by atoms with Gasteiger partial charge in [0, 0.05) is 11.8 Å². The Bertz CT molecular complexity index is 640. The van der Waals surface area contributed by atoms with Gasteiger partial charge in [0.15, 0.2) is 5.78 Å². The molecule has 6 atom stereocenters. The summed E-state index contributed by atoms with van der Waals surface area (Å²) in [5.74, 6) is 0.773. The summed E-state index contributed by atoms with van der Waals surface area (Å²) >= 11 is 0. The molecule has 4 aliphatic carbocycles. The molecule has 0 saturated heterocycles. The van der Waals surface area contributed by atoms with Crippen molar-refractivity contribution in [3.8, 4) is 0 Å². The molecule has 5 nitrogen and oxygen atoms in total. The molecular formula is C21H30O5. The molecule has 0 aliphatic heterocycles. The largest absolute Gasteiger partial charge is 0.480 e. The third kappa shape index (κ3) is 2.66. The third-order valence-electron chi connectivity index (χ3n) is 8.22. The van der Waals surface area contributed by atoms with Gasteiger partial charge < -0.3 is 14.9 Å². The van der Waals surface area contributed by atoms with E-state index in [0.717, 1.165) is 44.9 Å². The minimum atomic E-state index is -0.943. The lowest BCUT2D eigenvalue weighted by molar-refractivity contribution is -0.146. The monoisotopic (exact) mass is 362 g/mol. The summed E-state index contributed by atoms with van der Waals surface area (Å²) in [6, 6.07) is 0. The number of hydrogen-bond donors (Lipinski definition) is 2. The number of carbonyl (C=O) groups is 2. The summed E-state index contributed by atoms with van der Waals surface area (Å²) in [6.45, 7) is 2.39. The lowest BCUT2D eigenvalue weighted by atomic mass is 9.47. The molecule has 0 bridgehead atoms. The molecule has 0 aromatic rings. The Balaban J connectivity index is 1.65. The zero-order valence-corrected chi connectivity index (χ0v) is 15.6. The maximum Gasteiger partial charge on any atom is 0.329 e. The molecule has 0 heterocycles. The number of ether oxygens (including phenoxy) is 1. The van der Waals surface area contributed by atoms with Gasteiger partial charge in [-0.05, 0) is 74.2 Å². The number of carboxylic acid groups (broad SMARTS) is 1. The van der Waals surface area contributed by atoms with Crippen molar-refractivity contribution in [2.45, 2.75) is 64.4 Å². The smallest absolute Gasteiger partial charge is 0.329 e. The molecule has 0 spiro atoms. The zero-order valence-electron chi connectivity index (χ0n) is 15.6. The van der Waals surface area contributed by atoms with Gasteiger partial charge in [0.1, 0.15) is 6.61 Å². The number of carbonyl (C=O) groups excluding carboxylic acids is 1. The van der Waals surface area contributed by atoms with Crippen molar-refractivity contribution in [1.82, 2.24) is 0 Å². The van der Waals surface area contributed by atoms with Crippen LogP contribution in [-0.4, -0.2) is 41.3 Å². The van der Waals surface area contributed by atoms with Crippen molar-refractivity contribution in [2.24, 2.45) is 28.6 Å². The predicted molar refractivity (Wildman–Crippen MR) is 95.5 cm³/mol. The van der Waals surface area contributed by atoms with Crippen LogP contribution < -0.4 is 0 Å². The molecule has 4 rings (SSSR count). The fourth-order valence-corrected chi connectivity index (χ4v) is 6.92. The Morgan fingerprint density at radius 2 is 2.00 bits per heavy atom. The van der Waals surface area contributed by atoms with Gasteiger partial charge in [0.2, 0.25) is 0 Å². The van der Waals surface area contributed by atoms with Crippen LogP contribution in [0.4, 0.5) is 0 Å². The van der Waals surface area contributed by atoms with Crippen LogP contribution in [0, 0.1) is 28.6 Å². The van der Waals surface area contributed by atoms with E-state index in [-0.39, 0.29) is 29.3 Å². The second-order valence-corrected chi connectivity index (χ2v) is 9.23. The normalized spacial score (nSPS) is 44.7. The van der Waals surface area contributed by atoms with Gasteiger partial charge in [-0.1, -0.05) is 12.5 Å². The van der Waals surface area contributed by atoms with E-state index >= 15 is 0 Å². The number of ketones is 1. The number of aliphatic hydroxyl groups excluding tert-OH is 1. The van der Waals surface area contributed by atoms with Gasteiger partial charge in [-0.2, -0.15) is 0 Å². The fraction of sp³-hybridized carbons (Fsp3) is 0.810. The predicted octanol–water partition coefficient (Wildman–Crippen LogP) is 2.96. The maximum absolute atomic E-state index is 12.0. The molecule has 0 unspecified atom stereocenters. The summed E-state index contributed by atoms with van der Waals surface area (Å²) in [6.07, 6.45) is 8.98. The highest BCUT2D eigenvalue weighted by atomic mass is 16.5. The molecule has 2 N–H and O–H groups in total. The summed E-state index contributed by atoms with van der Waals surface area (Å²) in [4.78, 5) is 23.0. The van der Waals surface area contributed by atoms with Crippen LogP contribution in [0.15, 0.2) is 11.6 Å². The highest BCUT2D eigenvalue weighted by Gasteiger charge is 2.60. The van der Waals surface area contributed by atoms with Crippen molar-refractivity contribution < 1.29 is 24.5 Å². The second-order valence-electron chi connectivity index (χ2n) is 9.23. The molecular weight excluding hydrogens is 332 g/mol. The Labute approximate surface area is 154 Å². The Morgan fingerprint density at radius 1 is 1.19 bits per heavy atom. The molecule has 144 valence electrons. The second kappa shape index (κ2) is 6.45. The Hall–Kier alpha value is -1.20. The maximum atomic E-state index is 12.0. The summed E-state index contributed by atoms with van der Waals surface area (Å²) in [5.41, 5.74) is 1.04. The summed E-state index contributed by atoms with van der Waals surface area (Å²) < 4.78 is 5.64. The van der Waals surface area contributed by atoms with Crippen molar-refractivity contribution >= 4 is 11.8 Å². The zero-order chi connectivity index (χ0) is 18.5. The van der Waals surface area contributed by atoms with E-state index in [1.165, 1.54) is 5.57 Å². The molecule has 3 saturated carbocycles. The SMILES string of the molecule is C[C@]12CC[C@H]3[C@@H](CCC4=CC(=O)CC[C@@]43COCC(=O)O)[C@@H]1CC[C@@H]2O. The van der Waals surface area contributed by atoms with Gasteiger partial charge in [-0.3, -0.25) is 4.79 Å². The first-order valence-corrected chi connectivity index (χ1v) is 10.1. The Kier molecular flexibility index (Phi) is 4.51. The highest BCUT2D eigenvalue weighted by Crippen LogP contribution is 2.65. The average Bonchev–Trinajstić information content (AvgIpc) is 2.90. The average molecular weight is 362 g/mol. The molecule has 4 aliphatic rings. The molecule has 3 fully saturated rings. The number of fused-ring (bicyclic) bond motifs is 5. The highest BCUT2D eigenvalue weighted by molar-refractivity contribution is 5.91. The minimum absolute atomic E-state index is 0.0238. The number of aliphatic carboxylic acids is 1. The van der Waals surface area contributed by atoms with E-state index < -0.39 is 5.97 Å². The molecule has 0 radical (unpaired) electrons. The van der Waals surface area contributed by atoms with Gasteiger partial charge in [-0.15, -0.1) is 0 Å². The van der Waals surface area contributed by atoms with E-state index in [9.17, 15) is 14.7 Å². The molecule has 0 amide bonds. The number of hydrogen-bond acceptors (Lipinski definition) is 4. The molecule has 26 heavy (non-hydrogen) atoms. The summed E-state index contributed by atoms with van der Waals surface area (Å²) in [5, 5.41) is 19.5. The first-order valence-electron chi connectivity index (χ1n) is 10.1. The lowest BCUT2D eigenvalue weighted by Gasteiger charge is -2.58. The van der Waals surface area contributed by atoms with Crippen molar-refractivity contribution in [1.29, 1.82) is 0 Å². The van der Waals surface area contributed by atoms with E-state index in [2.05, 4.69) is 6.92 Å². The fourth-order valence-electron chi connectivity index (χ4n) is 6.92. The van der Waals surface area contributed by atoms with Crippen molar-refractivity contribution in [3.63, 3.8) is 0 Å². The minimum Gasteiger partial charge on any atom is -0.480 e. The van der Waals surface area contributed by atoms with Crippen LogP contribution in [0.25, 0.3) is 0 Å². The molecule has 0 aromatic heterocycles. The van der Waals surface area contributed by atoms with E-state index in [4.69, 9.17) is 9.84 Å². The van der Waals surface area contributed by atoms with Crippen molar-refractivity contribution in [2.75, 3.05) is 13.2 Å². The summed E-state index contributed by atoms with van der Waals surface area (Å²) in [7, 11) is 0. The third-order valence-corrected chi connectivity index (χ3v) is 8.22.